The van der Waals surface area contributed by atoms with E-state index in [0.29, 0.717) is 6.61 Å². The molecule has 0 spiro atoms. The first kappa shape index (κ1) is 15.9. The topological polar surface area (TPSA) is 48.3 Å². The predicted octanol–water partition coefficient (Wildman–Crippen LogP) is 3.40. The van der Waals surface area contributed by atoms with Crippen LogP contribution in [0.15, 0.2) is 28.9 Å². The van der Waals surface area contributed by atoms with Crippen molar-refractivity contribution in [1.29, 1.82) is 0 Å². The molecule has 5 nitrogen and oxygen atoms in total. The Hall–Kier alpha value is -1.53. The molecule has 0 bridgehead atoms. The van der Waals surface area contributed by atoms with Gasteiger partial charge in [-0.05, 0) is 32.0 Å². The number of rotatable bonds is 6. The number of ether oxygens (including phenoxy) is 2. The third-order valence-electron chi connectivity index (χ3n) is 3.02. The van der Waals surface area contributed by atoms with Crippen molar-refractivity contribution in [3.63, 3.8) is 0 Å². The largest absolute Gasteiger partial charge is 0.495 e. The summed E-state index contributed by atoms with van der Waals surface area (Å²) in [5.74, 6) is 1.56. The van der Waals surface area contributed by atoms with Gasteiger partial charge in [0.25, 0.3) is 0 Å². The summed E-state index contributed by atoms with van der Waals surface area (Å²) in [6.07, 6.45) is 1.98. The second-order valence-corrected chi connectivity index (χ2v) is 5.81. The highest BCUT2D eigenvalue weighted by molar-refractivity contribution is 9.10. The molecule has 21 heavy (non-hydrogen) atoms. The summed E-state index contributed by atoms with van der Waals surface area (Å²) in [6.45, 7) is 4.63. The minimum atomic E-state index is 0.161. The SMILES string of the molecule is COCC(C)Nc1nc(C)cn1-c1cc(Br)ccc1OC. The van der Waals surface area contributed by atoms with Crippen LogP contribution in [0.5, 0.6) is 5.75 Å². The Morgan fingerprint density at radius 2 is 2.14 bits per heavy atom. The second-order valence-electron chi connectivity index (χ2n) is 4.89. The summed E-state index contributed by atoms with van der Waals surface area (Å²) in [7, 11) is 3.35. The minimum absolute atomic E-state index is 0.161. The van der Waals surface area contributed by atoms with Gasteiger partial charge in [0.05, 0.1) is 25.1 Å². The number of aryl methyl sites for hydroxylation is 1. The van der Waals surface area contributed by atoms with Crippen LogP contribution in [0.1, 0.15) is 12.6 Å². The zero-order valence-corrected chi connectivity index (χ0v) is 14.3. The molecule has 0 aliphatic carbocycles. The lowest BCUT2D eigenvalue weighted by atomic mass is 10.3. The minimum Gasteiger partial charge on any atom is -0.495 e. The Morgan fingerprint density at radius 3 is 2.81 bits per heavy atom. The fraction of sp³-hybridized carbons (Fsp3) is 0.400. The van der Waals surface area contributed by atoms with E-state index in [1.54, 1.807) is 14.2 Å². The second kappa shape index (κ2) is 6.95. The normalized spacial score (nSPS) is 12.2. The maximum absolute atomic E-state index is 5.45. The van der Waals surface area contributed by atoms with Crippen molar-refractivity contribution >= 4 is 21.9 Å². The molecule has 0 aliphatic rings. The third-order valence-corrected chi connectivity index (χ3v) is 3.51. The van der Waals surface area contributed by atoms with Crippen molar-refractivity contribution in [3.8, 4) is 11.4 Å². The molecule has 2 aromatic rings. The molecule has 1 heterocycles. The fourth-order valence-electron chi connectivity index (χ4n) is 2.15. The molecule has 0 aliphatic heterocycles. The van der Waals surface area contributed by atoms with Gasteiger partial charge < -0.3 is 14.8 Å². The first-order chi connectivity index (χ1) is 10.0. The summed E-state index contributed by atoms with van der Waals surface area (Å²) < 4.78 is 13.6. The molecule has 2 rings (SSSR count). The smallest absolute Gasteiger partial charge is 0.208 e. The Kier molecular flexibility index (Phi) is 5.25. The van der Waals surface area contributed by atoms with E-state index in [9.17, 15) is 0 Å². The van der Waals surface area contributed by atoms with Crippen LogP contribution < -0.4 is 10.1 Å². The van der Waals surface area contributed by atoms with Crippen molar-refractivity contribution < 1.29 is 9.47 Å². The lowest BCUT2D eigenvalue weighted by Gasteiger charge is -2.17. The van der Waals surface area contributed by atoms with Gasteiger partial charge in [-0.2, -0.15) is 0 Å². The fourth-order valence-corrected chi connectivity index (χ4v) is 2.50. The molecule has 0 radical (unpaired) electrons. The average Bonchev–Trinajstić information content (AvgIpc) is 2.79. The van der Waals surface area contributed by atoms with E-state index >= 15 is 0 Å². The van der Waals surface area contributed by atoms with Gasteiger partial charge in [-0.25, -0.2) is 4.98 Å². The molecule has 1 aromatic heterocycles. The average molecular weight is 354 g/mol. The third kappa shape index (κ3) is 3.77. The Morgan fingerprint density at radius 1 is 1.38 bits per heavy atom. The number of halogens is 1. The highest BCUT2D eigenvalue weighted by atomic mass is 79.9. The van der Waals surface area contributed by atoms with Crippen LogP contribution in [0.3, 0.4) is 0 Å². The van der Waals surface area contributed by atoms with E-state index < -0.39 is 0 Å². The van der Waals surface area contributed by atoms with Crippen molar-refractivity contribution in [3.05, 3.63) is 34.6 Å². The summed E-state index contributed by atoms with van der Waals surface area (Å²) in [5, 5.41) is 3.36. The molecule has 1 N–H and O–H groups in total. The van der Waals surface area contributed by atoms with Gasteiger partial charge in [0.2, 0.25) is 5.95 Å². The number of imidazole rings is 1. The van der Waals surface area contributed by atoms with E-state index in [1.165, 1.54) is 0 Å². The van der Waals surface area contributed by atoms with Crippen LogP contribution >= 0.6 is 15.9 Å². The quantitative estimate of drug-likeness (QED) is 0.864. The Balaban J connectivity index is 2.42. The van der Waals surface area contributed by atoms with Crippen LogP contribution in [-0.4, -0.2) is 36.4 Å². The lowest BCUT2D eigenvalue weighted by molar-refractivity contribution is 0.190. The van der Waals surface area contributed by atoms with Gasteiger partial charge in [-0.1, -0.05) is 15.9 Å². The molecule has 0 saturated carbocycles. The lowest BCUT2D eigenvalue weighted by Crippen LogP contribution is -2.23. The van der Waals surface area contributed by atoms with Gasteiger partial charge >= 0.3 is 0 Å². The van der Waals surface area contributed by atoms with Crippen LogP contribution in [0.2, 0.25) is 0 Å². The summed E-state index contributed by atoms with van der Waals surface area (Å²) in [4.78, 5) is 4.54. The summed E-state index contributed by atoms with van der Waals surface area (Å²) in [5.41, 5.74) is 1.86. The number of nitrogens with zero attached hydrogens (tertiary/aromatic N) is 2. The number of methoxy groups -OCH3 is 2. The van der Waals surface area contributed by atoms with E-state index in [1.807, 2.05) is 35.9 Å². The van der Waals surface area contributed by atoms with Crippen LogP contribution in [-0.2, 0) is 4.74 Å². The summed E-state index contributed by atoms with van der Waals surface area (Å²) >= 11 is 3.50. The number of benzene rings is 1. The zero-order chi connectivity index (χ0) is 15.4. The molecule has 1 unspecified atom stereocenters. The molecule has 1 aromatic carbocycles. The first-order valence-corrected chi connectivity index (χ1v) is 7.49. The Bertz CT molecular complexity index is 613. The van der Waals surface area contributed by atoms with Crippen molar-refractivity contribution in [1.82, 2.24) is 9.55 Å². The molecule has 1 atom stereocenters. The maximum Gasteiger partial charge on any atom is 0.208 e. The van der Waals surface area contributed by atoms with E-state index in [2.05, 4.69) is 33.2 Å². The van der Waals surface area contributed by atoms with E-state index in [4.69, 9.17) is 9.47 Å². The number of hydrogen-bond acceptors (Lipinski definition) is 4. The van der Waals surface area contributed by atoms with Gasteiger partial charge in [0, 0.05) is 23.8 Å². The van der Waals surface area contributed by atoms with Gasteiger partial charge in [0.1, 0.15) is 5.75 Å². The van der Waals surface area contributed by atoms with Crippen LogP contribution in [0.25, 0.3) is 5.69 Å². The number of aromatic nitrogens is 2. The van der Waals surface area contributed by atoms with Crippen molar-refractivity contribution in [2.45, 2.75) is 19.9 Å². The molecule has 0 saturated heterocycles. The molecule has 6 heteroatoms. The first-order valence-electron chi connectivity index (χ1n) is 6.70. The van der Waals surface area contributed by atoms with Crippen molar-refractivity contribution in [2.24, 2.45) is 0 Å². The summed E-state index contributed by atoms with van der Waals surface area (Å²) in [6, 6.07) is 6.05. The van der Waals surface area contributed by atoms with Gasteiger partial charge in [-0.15, -0.1) is 0 Å². The molecule has 0 fully saturated rings. The highest BCUT2D eigenvalue weighted by Gasteiger charge is 2.14. The molecular formula is C15H20BrN3O2. The monoisotopic (exact) mass is 353 g/mol. The van der Waals surface area contributed by atoms with E-state index in [-0.39, 0.29) is 6.04 Å². The molecular weight excluding hydrogens is 334 g/mol. The predicted molar refractivity (Wildman–Crippen MR) is 87.5 cm³/mol. The molecule has 0 amide bonds. The van der Waals surface area contributed by atoms with E-state index in [0.717, 1.165) is 27.6 Å². The van der Waals surface area contributed by atoms with Gasteiger partial charge in [0.15, 0.2) is 0 Å². The van der Waals surface area contributed by atoms with Crippen molar-refractivity contribution in [2.75, 3.05) is 26.1 Å². The number of nitrogens with one attached hydrogen (secondary N) is 1. The number of hydrogen-bond donors (Lipinski definition) is 1. The highest BCUT2D eigenvalue weighted by Crippen LogP contribution is 2.29. The van der Waals surface area contributed by atoms with Crippen LogP contribution in [0, 0.1) is 6.92 Å². The maximum atomic E-state index is 5.45. The standard InChI is InChI=1S/C15H20BrN3O2/c1-10-8-19(15(17-10)18-11(2)9-20-3)13-7-12(16)5-6-14(13)21-4/h5-8,11H,9H2,1-4H3,(H,17,18). The number of anilines is 1. The zero-order valence-electron chi connectivity index (χ0n) is 12.7. The van der Waals surface area contributed by atoms with Gasteiger partial charge in [-0.3, -0.25) is 4.57 Å². The Labute approximate surface area is 133 Å². The molecule has 114 valence electrons. The van der Waals surface area contributed by atoms with Crippen LogP contribution in [0.4, 0.5) is 5.95 Å².